The summed E-state index contributed by atoms with van der Waals surface area (Å²) in [6, 6.07) is 11.2. The first-order chi connectivity index (χ1) is 8.81. The van der Waals surface area contributed by atoms with Gasteiger partial charge in [-0.3, -0.25) is 0 Å². The van der Waals surface area contributed by atoms with Gasteiger partial charge in [-0.05, 0) is 47.9 Å². The van der Waals surface area contributed by atoms with Crippen LogP contribution in [0, 0.1) is 6.92 Å². The van der Waals surface area contributed by atoms with E-state index in [9.17, 15) is 0 Å². The van der Waals surface area contributed by atoms with Gasteiger partial charge in [-0.1, -0.05) is 50.5 Å². The zero-order chi connectivity index (χ0) is 12.8. The van der Waals surface area contributed by atoms with Crippen molar-refractivity contribution in [2.24, 2.45) is 0 Å². The van der Waals surface area contributed by atoms with Crippen molar-refractivity contribution in [1.82, 2.24) is 0 Å². The van der Waals surface area contributed by atoms with Crippen LogP contribution in [-0.4, -0.2) is 0 Å². The highest BCUT2D eigenvalue weighted by atomic mass is 32.1. The molecular formula is C17H22S. The standard InChI is InChI=1S/C17H22S/c1-3-4-5-6-8-15-10-11-16(13-14(15)2)17-9-7-12-18-17/h7,9-13H,3-6,8H2,1-2H3. The van der Waals surface area contributed by atoms with Crippen molar-refractivity contribution in [3.05, 3.63) is 46.8 Å². The molecule has 0 spiro atoms. The molecule has 1 aromatic heterocycles. The van der Waals surface area contributed by atoms with Crippen molar-refractivity contribution in [2.45, 2.75) is 46.0 Å². The second-order valence-corrected chi connectivity index (χ2v) is 5.88. The topological polar surface area (TPSA) is 0 Å². The Morgan fingerprint density at radius 1 is 1.06 bits per heavy atom. The minimum absolute atomic E-state index is 1.23. The van der Waals surface area contributed by atoms with Crippen molar-refractivity contribution in [3.8, 4) is 10.4 Å². The molecule has 1 aromatic carbocycles. The molecule has 0 aliphatic heterocycles. The first kappa shape index (κ1) is 13.4. The molecule has 0 aliphatic rings. The highest BCUT2D eigenvalue weighted by Gasteiger charge is 2.03. The summed E-state index contributed by atoms with van der Waals surface area (Å²) in [5.74, 6) is 0. The second kappa shape index (κ2) is 6.75. The number of unbranched alkanes of at least 4 members (excludes halogenated alkanes) is 3. The SMILES string of the molecule is CCCCCCc1ccc(-c2cccs2)cc1C. The Labute approximate surface area is 115 Å². The summed E-state index contributed by atoms with van der Waals surface area (Å²) < 4.78 is 0. The van der Waals surface area contributed by atoms with Gasteiger partial charge in [-0.25, -0.2) is 0 Å². The van der Waals surface area contributed by atoms with Gasteiger partial charge >= 0.3 is 0 Å². The van der Waals surface area contributed by atoms with E-state index in [1.54, 1.807) is 0 Å². The first-order valence-corrected chi connectivity index (χ1v) is 7.82. The van der Waals surface area contributed by atoms with E-state index >= 15 is 0 Å². The molecular weight excluding hydrogens is 236 g/mol. The Morgan fingerprint density at radius 3 is 2.61 bits per heavy atom. The predicted octanol–water partition coefficient (Wildman–Crippen LogP) is 5.85. The van der Waals surface area contributed by atoms with Crippen LogP contribution in [0.4, 0.5) is 0 Å². The van der Waals surface area contributed by atoms with Gasteiger partial charge in [0.25, 0.3) is 0 Å². The van der Waals surface area contributed by atoms with Crippen LogP contribution < -0.4 is 0 Å². The lowest BCUT2D eigenvalue weighted by atomic mass is 9.99. The van der Waals surface area contributed by atoms with E-state index in [1.807, 2.05) is 11.3 Å². The first-order valence-electron chi connectivity index (χ1n) is 6.94. The van der Waals surface area contributed by atoms with Crippen LogP contribution in [0.2, 0.25) is 0 Å². The van der Waals surface area contributed by atoms with Crippen LogP contribution >= 0.6 is 11.3 Å². The molecule has 0 bridgehead atoms. The fourth-order valence-electron chi connectivity index (χ4n) is 2.31. The lowest BCUT2D eigenvalue weighted by molar-refractivity contribution is 0.666. The summed E-state index contributed by atoms with van der Waals surface area (Å²) in [6.45, 7) is 4.51. The average molecular weight is 258 g/mol. The van der Waals surface area contributed by atoms with E-state index in [2.05, 4.69) is 49.6 Å². The van der Waals surface area contributed by atoms with Crippen molar-refractivity contribution < 1.29 is 0 Å². The van der Waals surface area contributed by atoms with E-state index in [0.717, 1.165) is 0 Å². The Bertz CT molecular complexity index is 468. The minimum Gasteiger partial charge on any atom is -0.144 e. The molecule has 18 heavy (non-hydrogen) atoms. The normalized spacial score (nSPS) is 10.8. The van der Waals surface area contributed by atoms with Gasteiger partial charge in [0.2, 0.25) is 0 Å². The molecule has 2 aromatic rings. The molecule has 0 radical (unpaired) electrons. The summed E-state index contributed by atoms with van der Waals surface area (Å²) in [6.07, 6.45) is 6.61. The minimum atomic E-state index is 1.23. The number of rotatable bonds is 6. The number of hydrogen-bond acceptors (Lipinski definition) is 1. The molecule has 0 amide bonds. The Balaban J connectivity index is 2.01. The summed E-state index contributed by atoms with van der Waals surface area (Å²) in [5.41, 5.74) is 4.32. The third kappa shape index (κ3) is 3.46. The lowest BCUT2D eigenvalue weighted by Crippen LogP contribution is -1.90. The lowest BCUT2D eigenvalue weighted by Gasteiger charge is -2.07. The number of aryl methyl sites for hydroxylation is 2. The van der Waals surface area contributed by atoms with Crippen molar-refractivity contribution in [3.63, 3.8) is 0 Å². The van der Waals surface area contributed by atoms with Gasteiger partial charge in [-0.15, -0.1) is 11.3 Å². The average Bonchev–Trinajstić information content (AvgIpc) is 2.90. The van der Waals surface area contributed by atoms with Crippen LogP contribution in [0.5, 0.6) is 0 Å². The van der Waals surface area contributed by atoms with Crippen molar-refractivity contribution in [1.29, 1.82) is 0 Å². The van der Waals surface area contributed by atoms with Crippen molar-refractivity contribution >= 4 is 11.3 Å². The molecule has 0 fully saturated rings. The summed E-state index contributed by atoms with van der Waals surface area (Å²) >= 11 is 1.82. The maximum Gasteiger partial charge on any atom is 0.0342 e. The molecule has 0 aliphatic carbocycles. The third-order valence-electron chi connectivity index (χ3n) is 3.45. The molecule has 2 rings (SSSR count). The zero-order valence-electron chi connectivity index (χ0n) is 11.4. The molecule has 96 valence electrons. The van der Waals surface area contributed by atoms with Crippen LogP contribution in [0.1, 0.15) is 43.7 Å². The largest absolute Gasteiger partial charge is 0.144 e. The van der Waals surface area contributed by atoms with Crippen molar-refractivity contribution in [2.75, 3.05) is 0 Å². The molecule has 0 saturated heterocycles. The fourth-order valence-corrected chi connectivity index (χ4v) is 3.04. The number of thiophene rings is 1. The van der Waals surface area contributed by atoms with Gasteiger partial charge in [0.05, 0.1) is 0 Å². The van der Waals surface area contributed by atoms with E-state index in [-0.39, 0.29) is 0 Å². The predicted molar refractivity (Wildman–Crippen MR) is 82.3 cm³/mol. The van der Waals surface area contributed by atoms with Gasteiger partial charge in [0.1, 0.15) is 0 Å². The molecule has 0 N–H and O–H groups in total. The summed E-state index contributed by atoms with van der Waals surface area (Å²) in [7, 11) is 0. The zero-order valence-corrected chi connectivity index (χ0v) is 12.2. The summed E-state index contributed by atoms with van der Waals surface area (Å²) in [4.78, 5) is 1.37. The molecule has 1 heterocycles. The van der Waals surface area contributed by atoms with E-state index < -0.39 is 0 Å². The van der Waals surface area contributed by atoms with E-state index in [0.29, 0.717) is 0 Å². The van der Waals surface area contributed by atoms with E-state index in [4.69, 9.17) is 0 Å². The highest BCUT2D eigenvalue weighted by molar-refractivity contribution is 7.13. The Morgan fingerprint density at radius 2 is 1.94 bits per heavy atom. The molecule has 1 heteroatoms. The van der Waals surface area contributed by atoms with Crippen LogP contribution in [0.25, 0.3) is 10.4 Å². The van der Waals surface area contributed by atoms with Gasteiger partial charge < -0.3 is 0 Å². The molecule has 0 atom stereocenters. The molecule has 0 unspecified atom stereocenters. The highest BCUT2D eigenvalue weighted by Crippen LogP contribution is 2.27. The van der Waals surface area contributed by atoms with Gasteiger partial charge in [0.15, 0.2) is 0 Å². The van der Waals surface area contributed by atoms with Gasteiger partial charge in [0, 0.05) is 4.88 Å². The van der Waals surface area contributed by atoms with Gasteiger partial charge in [-0.2, -0.15) is 0 Å². The van der Waals surface area contributed by atoms with E-state index in [1.165, 1.54) is 53.7 Å². The second-order valence-electron chi connectivity index (χ2n) is 4.93. The van der Waals surface area contributed by atoms with Crippen LogP contribution in [-0.2, 0) is 6.42 Å². The molecule has 0 saturated carbocycles. The quantitative estimate of drug-likeness (QED) is 0.570. The number of benzene rings is 1. The maximum atomic E-state index is 2.33. The monoisotopic (exact) mass is 258 g/mol. The smallest absolute Gasteiger partial charge is 0.0342 e. The van der Waals surface area contributed by atoms with Crippen LogP contribution in [0.15, 0.2) is 35.7 Å². The Hall–Kier alpha value is -1.08. The Kier molecular flexibility index (Phi) is 5.00. The fraction of sp³-hybridized carbons (Fsp3) is 0.412. The molecule has 0 nitrogen and oxygen atoms in total. The number of hydrogen-bond donors (Lipinski definition) is 0. The maximum absolute atomic E-state index is 2.33. The van der Waals surface area contributed by atoms with Crippen LogP contribution in [0.3, 0.4) is 0 Å². The summed E-state index contributed by atoms with van der Waals surface area (Å²) in [5, 5.41) is 2.14. The third-order valence-corrected chi connectivity index (χ3v) is 4.37.